The lowest BCUT2D eigenvalue weighted by molar-refractivity contribution is -0.131. The molecule has 25 heavy (non-hydrogen) atoms. The van der Waals surface area contributed by atoms with Gasteiger partial charge in [0, 0.05) is 30.9 Å². The summed E-state index contributed by atoms with van der Waals surface area (Å²) in [6.45, 7) is 1.61. The van der Waals surface area contributed by atoms with E-state index in [1.165, 1.54) is 21.3 Å². The standard InChI is InChI=1S/C17H25N3O5/c1-23-13-8-12(9-14(24-2)17(13)25-3)18-10-15(21)19-11-16(22)20-6-4-5-7-20/h8-9,18H,4-7,10-11H2,1-3H3,(H,19,21). The van der Waals surface area contributed by atoms with Gasteiger partial charge in [-0.2, -0.15) is 0 Å². The summed E-state index contributed by atoms with van der Waals surface area (Å²) in [5.74, 6) is 1.17. The molecule has 1 aromatic carbocycles. The Morgan fingerprint density at radius 2 is 1.60 bits per heavy atom. The quantitative estimate of drug-likeness (QED) is 0.722. The van der Waals surface area contributed by atoms with Crippen LogP contribution in [0.15, 0.2) is 12.1 Å². The Balaban J connectivity index is 1.87. The molecule has 2 rings (SSSR count). The molecule has 1 aromatic rings. The Labute approximate surface area is 147 Å². The first-order chi connectivity index (χ1) is 12.1. The van der Waals surface area contributed by atoms with E-state index in [9.17, 15) is 9.59 Å². The maximum Gasteiger partial charge on any atom is 0.241 e. The highest BCUT2D eigenvalue weighted by Crippen LogP contribution is 2.39. The molecule has 2 N–H and O–H groups in total. The number of rotatable bonds is 8. The number of benzene rings is 1. The third-order valence-corrected chi connectivity index (χ3v) is 4.01. The van der Waals surface area contributed by atoms with Crippen molar-refractivity contribution in [3.8, 4) is 17.2 Å². The number of carbonyl (C=O) groups excluding carboxylic acids is 2. The zero-order chi connectivity index (χ0) is 18.2. The lowest BCUT2D eigenvalue weighted by Crippen LogP contribution is -2.40. The first kappa shape index (κ1) is 18.7. The summed E-state index contributed by atoms with van der Waals surface area (Å²) in [4.78, 5) is 25.6. The molecule has 0 bridgehead atoms. The number of amides is 2. The molecular weight excluding hydrogens is 326 g/mol. The molecule has 0 spiro atoms. The third-order valence-electron chi connectivity index (χ3n) is 4.01. The van der Waals surface area contributed by atoms with Gasteiger partial charge in [-0.25, -0.2) is 0 Å². The molecule has 8 heteroatoms. The molecule has 1 aliphatic rings. The molecule has 1 aliphatic heterocycles. The Hall–Kier alpha value is -2.64. The van der Waals surface area contributed by atoms with Crippen molar-refractivity contribution in [3.63, 3.8) is 0 Å². The van der Waals surface area contributed by atoms with Gasteiger partial charge in [-0.15, -0.1) is 0 Å². The SMILES string of the molecule is COc1cc(NCC(=O)NCC(=O)N2CCCC2)cc(OC)c1OC. The predicted octanol–water partition coefficient (Wildman–Crippen LogP) is 0.863. The molecular formula is C17H25N3O5. The molecule has 0 aliphatic carbocycles. The van der Waals surface area contributed by atoms with E-state index in [1.807, 2.05) is 0 Å². The zero-order valence-electron chi connectivity index (χ0n) is 14.9. The van der Waals surface area contributed by atoms with E-state index in [2.05, 4.69) is 10.6 Å². The van der Waals surface area contributed by atoms with Crippen LogP contribution in [0, 0.1) is 0 Å². The molecule has 2 amide bonds. The van der Waals surface area contributed by atoms with Crippen molar-refractivity contribution in [3.05, 3.63) is 12.1 Å². The van der Waals surface area contributed by atoms with Gasteiger partial charge in [0.1, 0.15) is 0 Å². The van der Waals surface area contributed by atoms with Crippen LogP contribution in [0.1, 0.15) is 12.8 Å². The highest BCUT2D eigenvalue weighted by atomic mass is 16.5. The van der Waals surface area contributed by atoms with Gasteiger partial charge in [-0.05, 0) is 12.8 Å². The number of methoxy groups -OCH3 is 3. The summed E-state index contributed by atoms with van der Waals surface area (Å²) in [6.07, 6.45) is 2.06. The number of hydrogen-bond donors (Lipinski definition) is 2. The van der Waals surface area contributed by atoms with Crippen molar-refractivity contribution < 1.29 is 23.8 Å². The molecule has 0 radical (unpaired) electrons. The van der Waals surface area contributed by atoms with Gasteiger partial charge in [0.2, 0.25) is 17.6 Å². The predicted molar refractivity (Wildman–Crippen MR) is 93.4 cm³/mol. The Kier molecular flexibility index (Phi) is 6.73. The van der Waals surface area contributed by atoms with Gasteiger partial charge in [-0.1, -0.05) is 0 Å². The number of ether oxygens (including phenoxy) is 3. The average Bonchev–Trinajstić information content (AvgIpc) is 3.18. The van der Waals surface area contributed by atoms with Crippen LogP contribution in [-0.2, 0) is 9.59 Å². The Morgan fingerprint density at radius 3 is 2.12 bits per heavy atom. The fourth-order valence-electron chi connectivity index (χ4n) is 2.68. The highest BCUT2D eigenvalue weighted by Gasteiger charge is 2.18. The fourth-order valence-corrected chi connectivity index (χ4v) is 2.68. The maximum absolute atomic E-state index is 11.9. The molecule has 0 saturated carbocycles. The summed E-state index contributed by atoms with van der Waals surface area (Å²) in [6, 6.07) is 3.42. The van der Waals surface area contributed by atoms with E-state index in [0.717, 1.165) is 25.9 Å². The minimum Gasteiger partial charge on any atom is -0.493 e. The van der Waals surface area contributed by atoms with Crippen LogP contribution in [0.3, 0.4) is 0 Å². The van der Waals surface area contributed by atoms with Crippen molar-refractivity contribution in [1.82, 2.24) is 10.2 Å². The number of anilines is 1. The van der Waals surface area contributed by atoms with Crippen LogP contribution in [0.2, 0.25) is 0 Å². The Morgan fingerprint density at radius 1 is 1.00 bits per heavy atom. The van der Waals surface area contributed by atoms with Crippen LogP contribution >= 0.6 is 0 Å². The zero-order valence-corrected chi connectivity index (χ0v) is 14.9. The normalized spacial score (nSPS) is 13.3. The van der Waals surface area contributed by atoms with E-state index in [4.69, 9.17) is 14.2 Å². The molecule has 8 nitrogen and oxygen atoms in total. The van der Waals surface area contributed by atoms with E-state index >= 15 is 0 Å². The smallest absolute Gasteiger partial charge is 0.241 e. The molecule has 1 saturated heterocycles. The van der Waals surface area contributed by atoms with E-state index in [1.54, 1.807) is 17.0 Å². The van der Waals surface area contributed by atoms with Gasteiger partial charge in [0.25, 0.3) is 0 Å². The van der Waals surface area contributed by atoms with Crippen LogP contribution in [0.25, 0.3) is 0 Å². The minimum atomic E-state index is -0.263. The Bertz CT molecular complexity index is 589. The van der Waals surface area contributed by atoms with Gasteiger partial charge >= 0.3 is 0 Å². The van der Waals surface area contributed by atoms with E-state index in [0.29, 0.717) is 22.9 Å². The van der Waals surface area contributed by atoms with E-state index in [-0.39, 0.29) is 24.9 Å². The van der Waals surface area contributed by atoms with Gasteiger partial charge in [0.05, 0.1) is 34.4 Å². The summed E-state index contributed by atoms with van der Waals surface area (Å²) in [5, 5.41) is 5.62. The van der Waals surface area contributed by atoms with Crippen LogP contribution in [0.4, 0.5) is 5.69 Å². The van der Waals surface area contributed by atoms with Crippen molar-refractivity contribution in [2.45, 2.75) is 12.8 Å². The van der Waals surface area contributed by atoms with Crippen molar-refractivity contribution >= 4 is 17.5 Å². The summed E-state index contributed by atoms with van der Waals surface area (Å²) in [7, 11) is 4.58. The van der Waals surface area contributed by atoms with Crippen molar-refractivity contribution in [2.24, 2.45) is 0 Å². The van der Waals surface area contributed by atoms with Crippen LogP contribution in [-0.4, -0.2) is 64.2 Å². The van der Waals surface area contributed by atoms with Crippen LogP contribution < -0.4 is 24.8 Å². The highest BCUT2D eigenvalue weighted by molar-refractivity contribution is 5.87. The average molecular weight is 351 g/mol. The molecule has 0 atom stereocenters. The second-order valence-electron chi connectivity index (χ2n) is 5.63. The summed E-state index contributed by atoms with van der Waals surface area (Å²) >= 11 is 0. The van der Waals surface area contributed by atoms with Gasteiger partial charge in [0.15, 0.2) is 11.5 Å². The first-order valence-electron chi connectivity index (χ1n) is 8.17. The third kappa shape index (κ3) is 4.91. The molecule has 0 aromatic heterocycles. The fraction of sp³-hybridized carbons (Fsp3) is 0.529. The number of carbonyl (C=O) groups is 2. The lowest BCUT2D eigenvalue weighted by atomic mass is 10.2. The molecule has 138 valence electrons. The van der Waals surface area contributed by atoms with Crippen molar-refractivity contribution in [1.29, 1.82) is 0 Å². The molecule has 0 unspecified atom stereocenters. The minimum absolute atomic E-state index is 0.0236. The molecule has 1 fully saturated rings. The number of hydrogen-bond acceptors (Lipinski definition) is 6. The van der Waals surface area contributed by atoms with Crippen LogP contribution in [0.5, 0.6) is 17.2 Å². The molecule has 1 heterocycles. The largest absolute Gasteiger partial charge is 0.493 e. The van der Waals surface area contributed by atoms with Gasteiger partial charge in [-0.3, -0.25) is 9.59 Å². The first-order valence-corrected chi connectivity index (χ1v) is 8.17. The summed E-state index contributed by atoms with van der Waals surface area (Å²) < 4.78 is 15.8. The second kappa shape index (κ2) is 9.00. The second-order valence-corrected chi connectivity index (χ2v) is 5.63. The number of likely N-dealkylation sites (tertiary alicyclic amines) is 1. The summed E-state index contributed by atoms with van der Waals surface area (Å²) in [5.41, 5.74) is 0.649. The maximum atomic E-state index is 11.9. The monoisotopic (exact) mass is 351 g/mol. The van der Waals surface area contributed by atoms with Gasteiger partial charge < -0.3 is 29.7 Å². The number of nitrogens with zero attached hydrogens (tertiary/aromatic N) is 1. The van der Waals surface area contributed by atoms with Crippen molar-refractivity contribution in [2.75, 3.05) is 52.8 Å². The number of nitrogens with one attached hydrogen (secondary N) is 2. The van der Waals surface area contributed by atoms with E-state index < -0.39 is 0 Å². The lowest BCUT2D eigenvalue weighted by Gasteiger charge is -2.16. The topological polar surface area (TPSA) is 89.1 Å².